The minimum Gasteiger partial charge on any atom is -0.348 e. The summed E-state index contributed by atoms with van der Waals surface area (Å²) < 4.78 is 25.5. The van der Waals surface area contributed by atoms with Crippen LogP contribution in [0, 0.1) is 6.92 Å². The van der Waals surface area contributed by atoms with Gasteiger partial charge >= 0.3 is 0 Å². The molecule has 5 nitrogen and oxygen atoms in total. The van der Waals surface area contributed by atoms with Crippen LogP contribution in [0.25, 0.3) is 0 Å². The summed E-state index contributed by atoms with van der Waals surface area (Å²) in [4.78, 5) is 12.6. The highest BCUT2D eigenvalue weighted by atomic mass is 35.5. The maximum Gasteiger partial charge on any atom is 0.241 e. The maximum absolute atomic E-state index is 12.6. The number of sulfonamides is 1. The largest absolute Gasteiger partial charge is 0.348 e. The number of hydrogen-bond acceptors (Lipinski definition) is 3. The minimum atomic E-state index is -3.79. The van der Waals surface area contributed by atoms with Crippen molar-refractivity contribution in [3.8, 4) is 0 Å². The lowest BCUT2D eigenvalue weighted by atomic mass is 10.0. The van der Waals surface area contributed by atoms with E-state index in [1.54, 1.807) is 0 Å². The number of aryl methyl sites for hydroxylation is 1. The van der Waals surface area contributed by atoms with Gasteiger partial charge in [0.15, 0.2) is 0 Å². The van der Waals surface area contributed by atoms with E-state index in [-0.39, 0.29) is 26.8 Å². The van der Waals surface area contributed by atoms with Crippen molar-refractivity contribution in [2.45, 2.75) is 26.3 Å². The highest BCUT2D eigenvalue weighted by Crippen LogP contribution is 2.35. The number of anilines is 1. The second-order valence-electron chi connectivity index (χ2n) is 6.43. The molecule has 0 aliphatic carbocycles. The minimum absolute atomic E-state index is 0.0817. The van der Waals surface area contributed by atoms with E-state index in [0.29, 0.717) is 6.42 Å². The Morgan fingerprint density at radius 3 is 2.18 bits per heavy atom. The van der Waals surface area contributed by atoms with Gasteiger partial charge in [-0.1, -0.05) is 71.6 Å². The van der Waals surface area contributed by atoms with Crippen LogP contribution >= 0.6 is 34.8 Å². The molecule has 2 rings (SSSR count). The molecule has 0 saturated carbocycles. The fourth-order valence-corrected chi connectivity index (χ4v) is 4.23. The Balaban J connectivity index is 2.26. The van der Waals surface area contributed by atoms with Gasteiger partial charge in [-0.3, -0.25) is 9.10 Å². The molecule has 0 spiro atoms. The lowest BCUT2D eigenvalue weighted by Crippen LogP contribution is -2.41. The Bertz CT molecular complexity index is 963. The van der Waals surface area contributed by atoms with E-state index in [9.17, 15) is 13.2 Å². The summed E-state index contributed by atoms with van der Waals surface area (Å²) >= 11 is 18.1. The Kier molecular flexibility index (Phi) is 7.62. The molecule has 0 aliphatic rings. The van der Waals surface area contributed by atoms with Gasteiger partial charge < -0.3 is 5.32 Å². The SMILES string of the molecule is CCC(NC(=O)CN(c1cc(Cl)c(Cl)cc1Cl)S(C)(=O)=O)c1ccc(C)cc1. The van der Waals surface area contributed by atoms with Crippen molar-refractivity contribution in [1.82, 2.24) is 5.32 Å². The van der Waals surface area contributed by atoms with Gasteiger partial charge in [-0.15, -0.1) is 0 Å². The highest BCUT2D eigenvalue weighted by molar-refractivity contribution is 7.92. The normalized spacial score (nSPS) is 12.5. The zero-order chi connectivity index (χ0) is 21.1. The van der Waals surface area contributed by atoms with Gasteiger partial charge in [0.25, 0.3) is 0 Å². The third kappa shape index (κ3) is 5.77. The Morgan fingerprint density at radius 1 is 1.07 bits per heavy atom. The molecule has 1 atom stereocenters. The predicted octanol–water partition coefficient (Wildman–Crippen LogP) is 4.99. The van der Waals surface area contributed by atoms with Crippen molar-refractivity contribution < 1.29 is 13.2 Å². The van der Waals surface area contributed by atoms with Gasteiger partial charge in [-0.25, -0.2) is 8.42 Å². The van der Waals surface area contributed by atoms with Crippen LogP contribution < -0.4 is 9.62 Å². The van der Waals surface area contributed by atoms with Crippen molar-refractivity contribution in [2.75, 3.05) is 17.1 Å². The summed E-state index contributed by atoms with van der Waals surface area (Å²) in [6, 6.07) is 10.2. The number of carbonyl (C=O) groups excluding carboxylic acids is 1. The van der Waals surface area contributed by atoms with E-state index in [1.165, 1.54) is 12.1 Å². The molecule has 1 amide bonds. The first kappa shape index (κ1) is 22.8. The first-order chi connectivity index (χ1) is 13.0. The summed E-state index contributed by atoms with van der Waals surface area (Å²) in [5, 5.41) is 3.29. The second-order valence-corrected chi connectivity index (χ2v) is 9.55. The van der Waals surface area contributed by atoms with Crippen LogP contribution in [-0.4, -0.2) is 27.1 Å². The first-order valence-electron chi connectivity index (χ1n) is 8.51. The van der Waals surface area contributed by atoms with E-state index in [0.717, 1.165) is 21.7 Å². The fraction of sp³-hybridized carbons (Fsp3) is 0.316. The van der Waals surface area contributed by atoms with E-state index in [1.807, 2.05) is 38.1 Å². The average Bonchev–Trinajstić information content (AvgIpc) is 2.61. The Hall–Kier alpha value is -1.47. The molecule has 152 valence electrons. The number of hydrogen-bond donors (Lipinski definition) is 1. The van der Waals surface area contributed by atoms with Crippen LogP contribution in [0.5, 0.6) is 0 Å². The molecule has 0 fully saturated rings. The highest BCUT2D eigenvalue weighted by Gasteiger charge is 2.25. The first-order valence-corrected chi connectivity index (χ1v) is 11.5. The number of carbonyl (C=O) groups is 1. The summed E-state index contributed by atoms with van der Waals surface area (Å²) in [5.74, 6) is -0.458. The van der Waals surface area contributed by atoms with Gasteiger partial charge in [-0.2, -0.15) is 0 Å². The van der Waals surface area contributed by atoms with Crippen LogP contribution in [0.4, 0.5) is 5.69 Å². The van der Waals surface area contributed by atoms with Gasteiger partial charge in [-0.05, 0) is 31.0 Å². The lowest BCUT2D eigenvalue weighted by molar-refractivity contribution is -0.120. The van der Waals surface area contributed by atoms with Gasteiger partial charge in [0, 0.05) is 0 Å². The third-order valence-electron chi connectivity index (χ3n) is 4.17. The summed E-state index contributed by atoms with van der Waals surface area (Å²) in [5.41, 5.74) is 2.15. The topological polar surface area (TPSA) is 66.5 Å². The quantitative estimate of drug-likeness (QED) is 0.588. The zero-order valence-electron chi connectivity index (χ0n) is 15.7. The third-order valence-corrected chi connectivity index (χ3v) is 6.32. The molecule has 2 aromatic rings. The standard InChI is InChI=1S/C19H21Cl3N2O3S/c1-4-17(13-7-5-12(2)6-8-13)23-19(25)11-24(28(3,26)27)18-10-15(21)14(20)9-16(18)22/h5-10,17H,4,11H2,1-3H3,(H,23,25). The molecule has 1 unspecified atom stereocenters. The van der Waals surface area contributed by atoms with Gasteiger partial charge in [0.2, 0.25) is 15.9 Å². The van der Waals surface area contributed by atoms with Crippen LogP contribution in [0.3, 0.4) is 0 Å². The monoisotopic (exact) mass is 462 g/mol. The van der Waals surface area contributed by atoms with Crippen molar-refractivity contribution >= 4 is 56.4 Å². The van der Waals surface area contributed by atoms with Crippen LogP contribution in [-0.2, 0) is 14.8 Å². The number of nitrogens with one attached hydrogen (secondary N) is 1. The number of halogens is 3. The average molecular weight is 464 g/mol. The predicted molar refractivity (Wildman–Crippen MR) is 116 cm³/mol. The zero-order valence-corrected chi connectivity index (χ0v) is 18.8. The van der Waals surface area contributed by atoms with Crippen molar-refractivity contribution in [3.63, 3.8) is 0 Å². The number of nitrogens with zero attached hydrogens (tertiary/aromatic N) is 1. The van der Waals surface area contributed by atoms with Gasteiger partial charge in [0.05, 0.1) is 33.1 Å². The summed E-state index contributed by atoms with van der Waals surface area (Å²) in [6.45, 7) is 3.49. The van der Waals surface area contributed by atoms with Crippen LogP contribution in [0.2, 0.25) is 15.1 Å². The molecular formula is C19H21Cl3N2O3S. The number of amides is 1. The summed E-state index contributed by atoms with van der Waals surface area (Å²) in [6.07, 6.45) is 1.65. The smallest absolute Gasteiger partial charge is 0.241 e. The van der Waals surface area contributed by atoms with Gasteiger partial charge in [0.1, 0.15) is 6.54 Å². The molecule has 0 aliphatic heterocycles. The second kappa shape index (κ2) is 9.35. The molecule has 28 heavy (non-hydrogen) atoms. The number of rotatable bonds is 7. The summed E-state index contributed by atoms with van der Waals surface area (Å²) in [7, 11) is -3.79. The molecule has 0 bridgehead atoms. The fourth-order valence-electron chi connectivity index (χ4n) is 2.67. The Labute approximate surface area is 180 Å². The molecule has 0 aromatic heterocycles. The maximum atomic E-state index is 12.6. The van der Waals surface area contributed by atoms with Crippen molar-refractivity contribution in [2.24, 2.45) is 0 Å². The lowest BCUT2D eigenvalue weighted by Gasteiger charge is -2.25. The molecule has 0 heterocycles. The molecule has 9 heteroatoms. The Morgan fingerprint density at radius 2 is 1.64 bits per heavy atom. The van der Waals surface area contributed by atoms with Crippen molar-refractivity contribution in [3.05, 3.63) is 62.6 Å². The van der Waals surface area contributed by atoms with E-state index in [4.69, 9.17) is 34.8 Å². The number of benzene rings is 2. The van der Waals surface area contributed by atoms with Crippen LogP contribution in [0.1, 0.15) is 30.5 Å². The molecule has 2 aromatic carbocycles. The van der Waals surface area contributed by atoms with E-state index in [2.05, 4.69) is 5.32 Å². The van der Waals surface area contributed by atoms with Crippen molar-refractivity contribution in [1.29, 1.82) is 0 Å². The molecule has 0 radical (unpaired) electrons. The molecule has 1 N–H and O–H groups in total. The van der Waals surface area contributed by atoms with Crippen LogP contribution in [0.15, 0.2) is 36.4 Å². The van der Waals surface area contributed by atoms with E-state index >= 15 is 0 Å². The van der Waals surface area contributed by atoms with E-state index < -0.39 is 22.5 Å². The molecular weight excluding hydrogens is 443 g/mol. The molecule has 0 saturated heterocycles.